The summed E-state index contributed by atoms with van der Waals surface area (Å²) in [6.45, 7) is 6.94. The number of anilines is 1. The normalized spacial score (nSPS) is 41.9. The lowest BCUT2D eigenvalue weighted by molar-refractivity contribution is -0.163. The van der Waals surface area contributed by atoms with Crippen LogP contribution >= 0.6 is 0 Å². The number of aliphatic hydroxyl groups excluding tert-OH is 1. The van der Waals surface area contributed by atoms with Crippen molar-refractivity contribution in [1.82, 2.24) is 0 Å². The van der Waals surface area contributed by atoms with E-state index in [2.05, 4.69) is 43.0 Å². The first kappa shape index (κ1) is 30.9. The van der Waals surface area contributed by atoms with Crippen molar-refractivity contribution < 1.29 is 24.2 Å². The summed E-state index contributed by atoms with van der Waals surface area (Å²) in [6.07, 6.45) is 13.8. The molecule has 0 spiro atoms. The number of benzene rings is 1. The number of carbonyl (C=O) groups is 3. The number of nitrogens with zero attached hydrogens (tertiary/aromatic N) is 1. The van der Waals surface area contributed by atoms with Gasteiger partial charge in [0, 0.05) is 43.1 Å². The first-order valence-electron chi connectivity index (χ1n) is 17.3. The molecule has 5 aliphatic carbocycles. The predicted molar refractivity (Wildman–Crippen MR) is 173 cm³/mol. The molecule has 1 heterocycles. The minimum Gasteiger partial charge on any atom is -0.458 e. The molecule has 1 aromatic rings. The number of carbonyl (C=O) groups excluding carboxylic acids is 3. The van der Waals surface area contributed by atoms with Crippen molar-refractivity contribution in [3.05, 3.63) is 53.6 Å². The Morgan fingerprint density at radius 1 is 1.09 bits per heavy atom. The lowest BCUT2D eigenvalue weighted by Gasteiger charge is -2.60. The maximum atomic E-state index is 14.4. The number of ketones is 2. The molecule has 6 aliphatic rings. The molecule has 0 bridgehead atoms. The fourth-order valence-electron chi connectivity index (χ4n) is 11.5. The molecule has 3 N–H and O–H groups in total. The molecule has 0 amide bonds. The Bertz CT molecular complexity index is 1430. The van der Waals surface area contributed by atoms with Crippen molar-refractivity contribution in [2.45, 2.75) is 90.7 Å². The van der Waals surface area contributed by atoms with Crippen LogP contribution in [0.3, 0.4) is 0 Å². The number of fused-ring (bicyclic) bond motifs is 7. The Labute approximate surface area is 267 Å². The molecule has 242 valence electrons. The molecule has 4 saturated carbocycles. The molecule has 5 fully saturated rings. The Morgan fingerprint density at radius 3 is 2.53 bits per heavy atom. The van der Waals surface area contributed by atoms with E-state index in [9.17, 15) is 19.5 Å². The summed E-state index contributed by atoms with van der Waals surface area (Å²) in [5.74, 6) is 0.944. The summed E-state index contributed by atoms with van der Waals surface area (Å²) in [7, 11) is 0. The molecule has 1 saturated heterocycles. The first-order valence-corrected chi connectivity index (χ1v) is 17.3. The molecule has 1 aliphatic heterocycles. The van der Waals surface area contributed by atoms with Crippen LogP contribution in [-0.4, -0.2) is 54.5 Å². The average molecular weight is 615 g/mol. The molecule has 8 atom stereocenters. The lowest BCUT2D eigenvalue weighted by Crippen LogP contribution is -2.60. The summed E-state index contributed by atoms with van der Waals surface area (Å²) in [5.41, 5.74) is 8.25. The van der Waals surface area contributed by atoms with Gasteiger partial charge in [0.1, 0.15) is 0 Å². The predicted octanol–water partition coefficient (Wildman–Crippen LogP) is 5.19. The number of ether oxygens (including phenoxy) is 1. The van der Waals surface area contributed by atoms with E-state index in [1.807, 2.05) is 6.08 Å². The molecule has 7 heteroatoms. The van der Waals surface area contributed by atoms with E-state index in [0.717, 1.165) is 56.3 Å². The van der Waals surface area contributed by atoms with E-state index in [4.69, 9.17) is 10.5 Å². The Kier molecular flexibility index (Phi) is 7.67. The SMILES string of the molecule is CC(=O)OCC(=O)[C@@]12CN(c3ccc(CC4CCC(N)CC4)cc3)C[C@@H]1C[C@H]1[C@@H]3CCC4=CC(=O)C=C[C@]4(C)[C@H]3[C@@H](O)C[C@@]12C. The number of hydrogen-bond donors (Lipinski definition) is 2. The van der Waals surface area contributed by atoms with E-state index in [-0.39, 0.29) is 47.3 Å². The van der Waals surface area contributed by atoms with Crippen LogP contribution in [0.2, 0.25) is 0 Å². The van der Waals surface area contributed by atoms with Gasteiger partial charge in [-0.25, -0.2) is 0 Å². The second kappa shape index (κ2) is 11.2. The van der Waals surface area contributed by atoms with E-state index in [1.165, 1.54) is 25.3 Å². The first-order chi connectivity index (χ1) is 21.4. The van der Waals surface area contributed by atoms with Crippen molar-refractivity contribution in [1.29, 1.82) is 0 Å². The van der Waals surface area contributed by atoms with Gasteiger partial charge in [-0.05, 0) is 117 Å². The van der Waals surface area contributed by atoms with Crippen LogP contribution in [0, 0.1) is 45.8 Å². The van der Waals surface area contributed by atoms with Gasteiger partial charge >= 0.3 is 5.97 Å². The highest BCUT2D eigenvalue weighted by atomic mass is 16.5. The number of hydrogen-bond acceptors (Lipinski definition) is 7. The fraction of sp³-hybridized carbons (Fsp3) is 0.658. The van der Waals surface area contributed by atoms with Crippen molar-refractivity contribution in [3.8, 4) is 0 Å². The molecule has 0 unspecified atom stereocenters. The molecular weight excluding hydrogens is 564 g/mol. The third-order valence-electron chi connectivity index (χ3n) is 13.6. The molecule has 1 aromatic carbocycles. The highest BCUT2D eigenvalue weighted by molar-refractivity contribution is 6.01. The quantitative estimate of drug-likeness (QED) is 0.425. The number of Topliss-reactive ketones (excluding diaryl/α,β-unsaturated/α-hetero) is 1. The Morgan fingerprint density at radius 2 is 1.82 bits per heavy atom. The smallest absolute Gasteiger partial charge is 0.303 e. The highest BCUT2D eigenvalue weighted by Gasteiger charge is 2.73. The zero-order valence-electron chi connectivity index (χ0n) is 27.2. The second-order valence-corrected chi connectivity index (χ2v) is 15.9. The monoisotopic (exact) mass is 614 g/mol. The average Bonchev–Trinajstić information content (AvgIpc) is 3.50. The Balaban J connectivity index is 1.17. The van der Waals surface area contributed by atoms with E-state index in [1.54, 1.807) is 12.2 Å². The van der Waals surface area contributed by atoms with Crippen molar-refractivity contribution in [3.63, 3.8) is 0 Å². The summed E-state index contributed by atoms with van der Waals surface area (Å²) in [5, 5.41) is 12.0. The van der Waals surface area contributed by atoms with Crippen LogP contribution in [0.15, 0.2) is 48.1 Å². The number of aliphatic hydroxyl groups is 1. The molecule has 45 heavy (non-hydrogen) atoms. The zero-order chi connectivity index (χ0) is 31.7. The van der Waals surface area contributed by atoms with Gasteiger partial charge in [-0.15, -0.1) is 0 Å². The molecule has 0 aromatic heterocycles. The van der Waals surface area contributed by atoms with Gasteiger partial charge in [0.2, 0.25) is 0 Å². The number of rotatable bonds is 6. The van der Waals surface area contributed by atoms with Gasteiger partial charge in [0.05, 0.1) is 11.5 Å². The topological polar surface area (TPSA) is 110 Å². The summed E-state index contributed by atoms with van der Waals surface area (Å²) in [4.78, 5) is 40.9. The van der Waals surface area contributed by atoms with Crippen molar-refractivity contribution in [2.24, 2.45) is 51.6 Å². The summed E-state index contributed by atoms with van der Waals surface area (Å²) >= 11 is 0. The van der Waals surface area contributed by atoms with Crippen molar-refractivity contribution in [2.75, 3.05) is 24.6 Å². The van der Waals surface area contributed by atoms with Crippen LogP contribution in [0.1, 0.15) is 77.7 Å². The minimum atomic E-state index is -0.714. The number of nitrogens with two attached hydrogens (primary N) is 1. The third kappa shape index (κ3) is 4.86. The van der Waals surface area contributed by atoms with E-state index in [0.29, 0.717) is 24.9 Å². The van der Waals surface area contributed by atoms with Gasteiger partial charge in [-0.3, -0.25) is 14.4 Å². The summed E-state index contributed by atoms with van der Waals surface area (Å²) in [6, 6.07) is 9.29. The van der Waals surface area contributed by atoms with E-state index < -0.39 is 22.9 Å². The highest BCUT2D eigenvalue weighted by Crippen LogP contribution is 2.72. The van der Waals surface area contributed by atoms with Crippen LogP contribution in [0.5, 0.6) is 0 Å². The molecule has 7 rings (SSSR count). The zero-order valence-corrected chi connectivity index (χ0v) is 27.2. The maximum Gasteiger partial charge on any atom is 0.303 e. The number of esters is 1. The van der Waals surface area contributed by atoms with Gasteiger partial charge in [-0.2, -0.15) is 0 Å². The van der Waals surface area contributed by atoms with Crippen LogP contribution in [0.25, 0.3) is 0 Å². The van der Waals surface area contributed by atoms with Gasteiger partial charge in [0.25, 0.3) is 0 Å². The van der Waals surface area contributed by atoms with Crippen LogP contribution in [-0.2, 0) is 25.5 Å². The lowest BCUT2D eigenvalue weighted by atomic mass is 9.44. The number of allylic oxidation sites excluding steroid dienone is 4. The fourth-order valence-corrected chi connectivity index (χ4v) is 11.5. The second-order valence-electron chi connectivity index (χ2n) is 15.9. The molecular formula is C38H50N2O5. The van der Waals surface area contributed by atoms with Gasteiger partial charge < -0.3 is 20.5 Å². The van der Waals surface area contributed by atoms with E-state index >= 15 is 0 Å². The van der Waals surface area contributed by atoms with Crippen LogP contribution in [0.4, 0.5) is 5.69 Å². The minimum absolute atomic E-state index is 0.00117. The van der Waals surface area contributed by atoms with Gasteiger partial charge in [-0.1, -0.05) is 37.6 Å². The van der Waals surface area contributed by atoms with Gasteiger partial charge in [0.15, 0.2) is 18.2 Å². The van der Waals surface area contributed by atoms with Crippen LogP contribution < -0.4 is 10.6 Å². The summed E-state index contributed by atoms with van der Waals surface area (Å²) < 4.78 is 5.38. The standard InChI is InChI=1S/C38H50N2O5/c1-23(41)45-21-34(44)38-22-40(29-11-6-25(7-12-29)16-24-4-9-28(39)10-5-24)20-27(38)18-32-31-13-8-26-17-30(42)14-15-36(26,2)35(31)33(43)19-37(32,38)3/h6-7,11-12,14-15,17,24,27-28,31-33,35,43H,4-5,8-10,13,16,18-22,39H2,1-3H3/t24?,27-,28?,31-,32-,33-,35+,36-,37-,38+/m0/s1. The Hall–Kier alpha value is -2.77. The maximum absolute atomic E-state index is 14.4. The third-order valence-corrected chi connectivity index (χ3v) is 13.6. The largest absolute Gasteiger partial charge is 0.458 e. The molecule has 7 nitrogen and oxygen atoms in total. The molecule has 0 radical (unpaired) electrons. The van der Waals surface area contributed by atoms with Crippen molar-refractivity contribution >= 4 is 23.2 Å².